The quantitative estimate of drug-likeness (QED) is 0.782. The van der Waals surface area contributed by atoms with Crippen molar-refractivity contribution in [2.75, 3.05) is 26.2 Å². The Morgan fingerprint density at radius 3 is 2.46 bits per heavy atom. The summed E-state index contributed by atoms with van der Waals surface area (Å²) in [5.74, 6) is -0.343. The number of rotatable bonds is 4. The molecule has 0 atom stereocenters. The Kier molecular flexibility index (Phi) is 5.48. The highest BCUT2D eigenvalue weighted by Gasteiger charge is 2.15. The van der Waals surface area contributed by atoms with Gasteiger partial charge >= 0.3 is 0 Å². The van der Waals surface area contributed by atoms with Crippen LogP contribution in [0.5, 0.6) is 0 Å². The highest BCUT2D eigenvalue weighted by molar-refractivity contribution is 6.33. The Hall–Kier alpha value is -1.91. The molecule has 1 heterocycles. The predicted octanol–water partition coefficient (Wildman–Crippen LogP) is 3.94. The number of hydrogen-bond donors (Lipinski definition) is 0. The number of benzene rings is 2. The minimum atomic E-state index is -0.343. The fourth-order valence-electron chi connectivity index (χ4n) is 2.74. The number of halogens is 2. The van der Waals surface area contributed by atoms with Gasteiger partial charge in [-0.2, -0.15) is 5.10 Å². The van der Waals surface area contributed by atoms with Crippen molar-refractivity contribution in [2.24, 2.45) is 5.10 Å². The normalized spacial score (nSPS) is 16.0. The Labute approximate surface area is 147 Å². The van der Waals surface area contributed by atoms with Crippen LogP contribution >= 0.6 is 11.6 Å². The maximum Gasteiger partial charge on any atom is 0.133 e. The van der Waals surface area contributed by atoms with Crippen LogP contribution < -0.4 is 0 Å². The van der Waals surface area contributed by atoms with Gasteiger partial charge in [0.2, 0.25) is 0 Å². The number of hydrogen-bond acceptors (Lipinski definition) is 3. The van der Waals surface area contributed by atoms with Gasteiger partial charge in [-0.15, -0.1) is 0 Å². The van der Waals surface area contributed by atoms with E-state index in [4.69, 9.17) is 11.6 Å². The summed E-state index contributed by atoms with van der Waals surface area (Å²) in [5.41, 5.74) is 2.96. The lowest BCUT2D eigenvalue weighted by molar-refractivity contribution is 0.131. The van der Waals surface area contributed by atoms with Crippen molar-refractivity contribution in [2.45, 2.75) is 13.5 Å². The maximum atomic E-state index is 13.7. The van der Waals surface area contributed by atoms with E-state index in [0.717, 1.165) is 32.7 Å². The lowest BCUT2D eigenvalue weighted by Gasteiger charge is -2.33. The van der Waals surface area contributed by atoms with Crippen molar-refractivity contribution in [1.29, 1.82) is 0 Å². The van der Waals surface area contributed by atoms with Gasteiger partial charge in [0.05, 0.1) is 11.2 Å². The minimum Gasteiger partial charge on any atom is -0.295 e. The molecule has 1 saturated heterocycles. The van der Waals surface area contributed by atoms with Gasteiger partial charge in [0.25, 0.3) is 0 Å². The zero-order valence-electron chi connectivity index (χ0n) is 13.8. The molecule has 2 aromatic rings. The third-order valence-corrected chi connectivity index (χ3v) is 4.55. The van der Waals surface area contributed by atoms with E-state index in [2.05, 4.69) is 41.2 Å². The van der Waals surface area contributed by atoms with E-state index >= 15 is 0 Å². The summed E-state index contributed by atoms with van der Waals surface area (Å²) < 4.78 is 13.7. The van der Waals surface area contributed by atoms with E-state index < -0.39 is 0 Å². The van der Waals surface area contributed by atoms with Crippen molar-refractivity contribution < 1.29 is 4.39 Å². The first kappa shape index (κ1) is 16.9. The molecule has 0 aliphatic carbocycles. The first-order valence-electron chi connectivity index (χ1n) is 8.12. The average Bonchev–Trinajstić information content (AvgIpc) is 2.58. The minimum absolute atomic E-state index is 0.343. The monoisotopic (exact) mass is 345 g/mol. The second kappa shape index (κ2) is 7.77. The van der Waals surface area contributed by atoms with E-state index in [1.54, 1.807) is 12.1 Å². The maximum absolute atomic E-state index is 13.7. The largest absolute Gasteiger partial charge is 0.295 e. The van der Waals surface area contributed by atoms with Gasteiger partial charge in [-0.3, -0.25) is 9.91 Å². The summed E-state index contributed by atoms with van der Waals surface area (Å²) >= 11 is 6.01. The summed E-state index contributed by atoms with van der Waals surface area (Å²) in [7, 11) is 0. The van der Waals surface area contributed by atoms with Gasteiger partial charge in [0, 0.05) is 38.3 Å². The van der Waals surface area contributed by atoms with Crippen molar-refractivity contribution >= 4 is 17.8 Å². The molecule has 1 aliphatic heterocycles. The Bertz CT molecular complexity index is 687. The van der Waals surface area contributed by atoms with E-state index in [1.165, 1.54) is 23.4 Å². The van der Waals surface area contributed by atoms with E-state index in [0.29, 0.717) is 10.6 Å². The lowest BCUT2D eigenvalue weighted by Crippen LogP contribution is -2.43. The number of nitrogens with zero attached hydrogens (tertiary/aromatic N) is 3. The standard InChI is InChI=1S/C19H21ClFN3/c1-15-5-7-16(8-6-15)14-23-9-11-24(12-10-23)22-13-17-18(20)3-2-4-19(17)21/h2-8,13H,9-12,14H2,1H3/b22-13-. The predicted molar refractivity (Wildman–Crippen MR) is 97.0 cm³/mol. The van der Waals surface area contributed by atoms with Gasteiger partial charge < -0.3 is 0 Å². The van der Waals surface area contributed by atoms with Crippen LogP contribution in [-0.4, -0.2) is 42.3 Å². The topological polar surface area (TPSA) is 18.8 Å². The molecule has 0 amide bonds. The highest BCUT2D eigenvalue weighted by Crippen LogP contribution is 2.17. The molecule has 3 rings (SSSR count). The van der Waals surface area contributed by atoms with E-state index in [9.17, 15) is 4.39 Å². The van der Waals surface area contributed by atoms with Gasteiger partial charge in [-0.25, -0.2) is 4.39 Å². The van der Waals surface area contributed by atoms with E-state index in [-0.39, 0.29) is 5.82 Å². The van der Waals surface area contributed by atoms with E-state index in [1.807, 2.05) is 5.01 Å². The molecule has 2 aromatic carbocycles. The Balaban J connectivity index is 1.53. The summed E-state index contributed by atoms with van der Waals surface area (Å²) in [6, 6.07) is 13.3. The Morgan fingerprint density at radius 1 is 1.08 bits per heavy atom. The number of piperazine rings is 1. The van der Waals surface area contributed by atoms with Gasteiger partial charge in [0.15, 0.2) is 0 Å². The van der Waals surface area contributed by atoms with Crippen LogP contribution in [0.2, 0.25) is 5.02 Å². The van der Waals surface area contributed by atoms with Crippen molar-refractivity contribution in [3.8, 4) is 0 Å². The van der Waals surface area contributed by atoms with Crippen LogP contribution in [0.4, 0.5) is 4.39 Å². The van der Waals surface area contributed by atoms with Crippen LogP contribution in [0, 0.1) is 12.7 Å². The molecular weight excluding hydrogens is 325 g/mol. The molecule has 0 bridgehead atoms. The van der Waals surface area contributed by atoms with Gasteiger partial charge in [0.1, 0.15) is 5.82 Å². The Morgan fingerprint density at radius 2 is 1.79 bits per heavy atom. The summed E-state index contributed by atoms with van der Waals surface area (Å²) in [4.78, 5) is 2.41. The third-order valence-electron chi connectivity index (χ3n) is 4.23. The molecule has 0 radical (unpaired) electrons. The van der Waals surface area contributed by atoms with Gasteiger partial charge in [-0.1, -0.05) is 47.5 Å². The van der Waals surface area contributed by atoms with Crippen LogP contribution in [0.15, 0.2) is 47.6 Å². The van der Waals surface area contributed by atoms with Crippen molar-refractivity contribution in [3.63, 3.8) is 0 Å². The summed E-state index contributed by atoms with van der Waals surface area (Å²) in [6.45, 7) is 6.59. The molecule has 24 heavy (non-hydrogen) atoms. The van der Waals surface area contributed by atoms with Crippen molar-refractivity contribution in [3.05, 3.63) is 70.0 Å². The fourth-order valence-corrected chi connectivity index (χ4v) is 2.95. The second-order valence-electron chi connectivity index (χ2n) is 6.10. The molecule has 0 N–H and O–H groups in total. The van der Waals surface area contributed by atoms with Crippen LogP contribution in [-0.2, 0) is 6.54 Å². The van der Waals surface area contributed by atoms with Crippen LogP contribution in [0.3, 0.4) is 0 Å². The smallest absolute Gasteiger partial charge is 0.133 e. The number of aryl methyl sites for hydroxylation is 1. The van der Waals surface area contributed by atoms with Crippen LogP contribution in [0.25, 0.3) is 0 Å². The molecule has 126 valence electrons. The van der Waals surface area contributed by atoms with Gasteiger partial charge in [-0.05, 0) is 24.6 Å². The average molecular weight is 346 g/mol. The molecule has 0 aromatic heterocycles. The molecule has 0 saturated carbocycles. The summed E-state index contributed by atoms with van der Waals surface area (Å²) in [6.07, 6.45) is 1.52. The molecule has 1 fully saturated rings. The first-order valence-corrected chi connectivity index (χ1v) is 8.50. The zero-order valence-corrected chi connectivity index (χ0v) is 14.5. The number of hydrazone groups is 1. The molecule has 0 spiro atoms. The fraction of sp³-hybridized carbons (Fsp3) is 0.316. The molecule has 3 nitrogen and oxygen atoms in total. The van der Waals surface area contributed by atoms with Crippen LogP contribution in [0.1, 0.15) is 16.7 Å². The molecule has 1 aliphatic rings. The van der Waals surface area contributed by atoms with Crippen molar-refractivity contribution in [1.82, 2.24) is 9.91 Å². The second-order valence-corrected chi connectivity index (χ2v) is 6.50. The molecule has 5 heteroatoms. The molecular formula is C19H21ClFN3. The first-order chi connectivity index (χ1) is 11.6. The third kappa shape index (κ3) is 4.34. The summed E-state index contributed by atoms with van der Waals surface area (Å²) in [5, 5.41) is 6.74. The zero-order chi connectivity index (χ0) is 16.9. The SMILES string of the molecule is Cc1ccc(CN2CCN(/N=C\c3c(F)cccc3Cl)CC2)cc1. The molecule has 0 unspecified atom stereocenters. The highest BCUT2D eigenvalue weighted by atomic mass is 35.5. The lowest BCUT2D eigenvalue weighted by atomic mass is 10.1.